The summed E-state index contributed by atoms with van der Waals surface area (Å²) in [5.41, 5.74) is 4.86. The maximum atomic E-state index is 13.1. The van der Waals surface area contributed by atoms with Crippen molar-refractivity contribution >= 4 is 10.9 Å². The van der Waals surface area contributed by atoms with Gasteiger partial charge in [0.15, 0.2) is 5.82 Å². The van der Waals surface area contributed by atoms with Crippen molar-refractivity contribution in [3.63, 3.8) is 0 Å². The molecule has 0 aliphatic rings. The topological polar surface area (TPSA) is 79.7 Å². The fourth-order valence-corrected chi connectivity index (χ4v) is 4.44. The zero-order valence-electron chi connectivity index (χ0n) is 21.0. The van der Waals surface area contributed by atoms with Crippen molar-refractivity contribution in [1.82, 2.24) is 30.1 Å². The molecule has 7 heteroatoms. The summed E-state index contributed by atoms with van der Waals surface area (Å²) >= 11 is 0. The number of tetrazole rings is 1. The Hall–Kier alpha value is -3.32. The fourth-order valence-electron chi connectivity index (χ4n) is 4.44. The van der Waals surface area contributed by atoms with Gasteiger partial charge in [0.2, 0.25) is 0 Å². The monoisotopic (exact) mass is 458 g/mol. The lowest BCUT2D eigenvalue weighted by molar-refractivity contribution is 0.153. The van der Waals surface area contributed by atoms with E-state index in [-0.39, 0.29) is 17.1 Å². The van der Waals surface area contributed by atoms with Gasteiger partial charge in [0.05, 0.1) is 11.6 Å². The Kier molecular flexibility index (Phi) is 6.66. The van der Waals surface area contributed by atoms with Crippen LogP contribution < -0.4 is 5.56 Å². The highest BCUT2D eigenvalue weighted by Gasteiger charge is 2.29. The first-order valence-corrected chi connectivity index (χ1v) is 11.9. The highest BCUT2D eigenvalue weighted by Crippen LogP contribution is 2.29. The smallest absolute Gasteiger partial charge is 0.252 e. The van der Waals surface area contributed by atoms with Crippen LogP contribution in [0.15, 0.2) is 53.3 Å². The number of hydrogen-bond acceptors (Lipinski definition) is 5. The number of pyridine rings is 1. The summed E-state index contributed by atoms with van der Waals surface area (Å²) in [6, 6.07) is 16.5. The van der Waals surface area contributed by atoms with Crippen molar-refractivity contribution in [2.45, 2.75) is 72.6 Å². The lowest BCUT2D eigenvalue weighted by atomic mass is 10.0. The van der Waals surface area contributed by atoms with Gasteiger partial charge in [0.25, 0.3) is 5.56 Å². The molecule has 0 saturated carbocycles. The molecular formula is C27H34N6O. The van der Waals surface area contributed by atoms with E-state index in [1.807, 2.05) is 35.0 Å². The summed E-state index contributed by atoms with van der Waals surface area (Å²) in [5, 5.41) is 13.8. The molecule has 0 spiro atoms. The summed E-state index contributed by atoms with van der Waals surface area (Å²) in [7, 11) is 0. The molecule has 0 bridgehead atoms. The first kappa shape index (κ1) is 23.8. The molecule has 4 rings (SSSR count). The molecular weight excluding hydrogens is 424 g/mol. The molecule has 4 aromatic rings. The summed E-state index contributed by atoms with van der Waals surface area (Å²) in [4.78, 5) is 18.5. The van der Waals surface area contributed by atoms with E-state index in [1.54, 1.807) is 0 Å². The molecule has 1 atom stereocenters. The van der Waals surface area contributed by atoms with Crippen molar-refractivity contribution in [1.29, 1.82) is 0 Å². The molecule has 2 aromatic carbocycles. The number of aromatic amines is 1. The summed E-state index contributed by atoms with van der Waals surface area (Å²) in [6.07, 6.45) is 0.813. The molecule has 0 amide bonds. The molecule has 2 aromatic heterocycles. The van der Waals surface area contributed by atoms with Crippen LogP contribution in [0.3, 0.4) is 0 Å². The average molecular weight is 459 g/mol. The second-order valence-corrected chi connectivity index (χ2v) is 10.1. The number of nitrogens with zero attached hydrogens (tertiary/aromatic N) is 5. The molecule has 0 fully saturated rings. The van der Waals surface area contributed by atoms with Crippen molar-refractivity contribution in [3.05, 3.63) is 87.0 Å². The van der Waals surface area contributed by atoms with Crippen LogP contribution in [0, 0.1) is 13.8 Å². The summed E-state index contributed by atoms with van der Waals surface area (Å²) in [5.74, 6) is 0.814. The Morgan fingerprint density at radius 3 is 2.41 bits per heavy atom. The third-order valence-corrected chi connectivity index (χ3v) is 6.39. The van der Waals surface area contributed by atoms with Gasteiger partial charge in [0, 0.05) is 24.2 Å². The largest absolute Gasteiger partial charge is 0.322 e. The quantitative estimate of drug-likeness (QED) is 0.420. The minimum absolute atomic E-state index is 0.0516. The van der Waals surface area contributed by atoms with E-state index in [1.165, 1.54) is 16.7 Å². The van der Waals surface area contributed by atoms with Crippen molar-refractivity contribution in [2.24, 2.45) is 0 Å². The van der Waals surface area contributed by atoms with Crippen LogP contribution in [0.1, 0.15) is 68.2 Å². The highest BCUT2D eigenvalue weighted by molar-refractivity contribution is 5.80. The molecule has 0 radical (unpaired) electrons. The van der Waals surface area contributed by atoms with Crippen LogP contribution in [0.2, 0.25) is 0 Å². The Bertz CT molecular complexity index is 1330. The molecule has 1 unspecified atom stereocenters. The van der Waals surface area contributed by atoms with Crippen LogP contribution in [0.25, 0.3) is 10.9 Å². The minimum atomic E-state index is -0.250. The molecule has 0 aliphatic heterocycles. The van der Waals surface area contributed by atoms with Gasteiger partial charge >= 0.3 is 0 Å². The van der Waals surface area contributed by atoms with E-state index in [0.717, 1.165) is 28.7 Å². The fraction of sp³-hybridized carbons (Fsp3) is 0.407. The first-order chi connectivity index (χ1) is 16.2. The van der Waals surface area contributed by atoms with Gasteiger partial charge in [-0.15, -0.1) is 5.10 Å². The molecule has 34 heavy (non-hydrogen) atoms. The molecule has 0 aliphatic carbocycles. The zero-order valence-corrected chi connectivity index (χ0v) is 21.0. The van der Waals surface area contributed by atoms with E-state index in [9.17, 15) is 4.79 Å². The maximum Gasteiger partial charge on any atom is 0.252 e. The molecule has 2 heterocycles. The van der Waals surface area contributed by atoms with E-state index in [4.69, 9.17) is 0 Å². The van der Waals surface area contributed by atoms with Gasteiger partial charge in [0.1, 0.15) is 0 Å². The van der Waals surface area contributed by atoms with E-state index < -0.39 is 0 Å². The van der Waals surface area contributed by atoms with Crippen molar-refractivity contribution < 1.29 is 0 Å². The van der Waals surface area contributed by atoms with Crippen LogP contribution in [-0.2, 0) is 18.6 Å². The normalized spacial score (nSPS) is 13.0. The van der Waals surface area contributed by atoms with E-state index in [0.29, 0.717) is 13.1 Å². The Balaban J connectivity index is 1.78. The van der Waals surface area contributed by atoms with Crippen molar-refractivity contribution in [3.8, 4) is 0 Å². The standard InChI is InChI=1S/C27H34N6O/c1-7-24(25-29-30-31-33(25)27(4,5)6)32(16-20-11-9-8-10-12-20)17-22-15-21-13-18(2)19(3)14-23(21)28-26(22)34/h8-15,24H,7,16-17H2,1-6H3,(H,28,34). The van der Waals surface area contributed by atoms with Gasteiger partial charge in [-0.25, -0.2) is 4.68 Å². The van der Waals surface area contributed by atoms with Crippen molar-refractivity contribution in [2.75, 3.05) is 0 Å². The predicted octanol–water partition coefficient (Wildman–Crippen LogP) is 5.04. The third-order valence-electron chi connectivity index (χ3n) is 6.39. The highest BCUT2D eigenvalue weighted by atomic mass is 16.1. The van der Waals surface area contributed by atoms with Crippen LogP contribution in [0.4, 0.5) is 0 Å². The molecule has 1 N–H and O–H groups in total. The van der Waals surface area contributed by atoms with Gasteiger partial charge in [-0.2, -0.15) is 0 Å². The molecule has 0 saturated heterocycles. The predicted molar refractivity (Wildman–Crippen MR) is 136 cm³/mol. The number of rotatable bonds is 7. The lowest BCUT2D eigenvalue weighted by Gasteiger charge is -2.32. The number of hydrogen-bond donors (Lipinski definition) is 1. The zero-order chi connectivity index (χ0) is 24.5. The lowest BCUT2D eigenvalue weighted by Crippen LogP contribution is -2.35. The second kappa shape index (κ2) is 9.50. The molecule has 7 nitrogen and oxygen atoms in total. The number of aromatic nitrogens is 5. The van der Waals surface area contributed by atoms with E-state index >= 15 is 0 Å². The number of H-pyrrole nitrogens is 1. The number of nitrogens with one attached hydrogen (secondary N) is 1. The van der Waals surface area contributed by atoms with Gasteiger partial charge in [-0.3, -0.25) is 9.69 Å². The number of aryl methyl sites for hydroxylation is 2. The maximum absolute atomic E-state index is 13.1. The average Bonchev–Trinajstić information content (AvgIpc) is 3.27. The van der Waals surface area contributed by atoms with Gasteiger partial charge in [-0.05, 0) is 91.7 Å². The summed E-state index contributed by atoms with van der Waals surface area (Å²) in [6.45, 7) is 13.8. The van der Waals surface area contributed by atoms with Crippen LogP contribution >= 0.6 is 0 Å². The van der Waals surface area contributed by atoms with Gasteiger partial charge < -0.3 is 4.98 Å². The Morgan fingerprint density at radius 1 is 1.03 bits per heavy atom. The Morgan fingerprint density at radius 2 is 1.74 bits per heavy atom. The van der Waals surface area contributed by atoms with Crippen LogP contribution in [-0.4, -0.2) is 30.1 Å². The second-order valence-electron chi connectivity index (χ2n) is 10.1. The third kappa shape index (κ3) is 4.94. The van der Waals surface area contributed by atoms with E-state index in [2.05, 4.69) is 85.2 Å². The SMILES string of the molecule is CCC(c1nnnn1C(C)(C)C)N(Cc1ccccc1)Cc1cc2cc(C)c(C)cc2[nH]c1=O. The number of benzene rings is 2. The first-order valence-electron chi connectivity index (χ1n) is 11.9. The van der Waals surface area contributed by atoms with Gasteiger partial charge in [-0.1, -0.05) is 37.3 Å². The summed E-state index contributed by atoms with van der Waals surface area (Å²) < 4.78 is 1.90. The molecule has 178 valence electrons. The number of fused-ring (bicyclic) bond motifs is 1. The van der Waals surface area contributed by atoms with Crippen LogP contribution in [0.5, 0.6) is 0 Å². The Labute approximate surface area is 200 Å². The minimum Gasteiger partial charge on any atom is -0.322 e.